The first kappa shape index (κ1) is 24.0. The van der Waals surface area contributed by atoms with Crippen molar-refractivity contribution in [3.63, 3.8) is 0 Å². The average molecular weight is 498 g/mol. The van der Waals surface area contributed by atoms with E-state index in [4.69, 9.17) is 4.74 Å². The molecule has 7 nitrogen and oxygen atoms in total. The van der Waals surface area contributed by atoms with Crippen LogP contribution in [0.4, 0.5) is 26.3 Å². The van der Waals surface area contributed by atoms with Gasteiger partial charge in [0.25, 0.3) is 0 Å². The van der Waals surface area contributed by atoms with Gasteiger partial charge in [-0.05, 0) is 26.3 Å². The number of carbonyl (C=O) groups excluding carboxylic acids is 1. The molecule has 2 aliphatic rings. The predicted octanol–water partition coefficient (Wildman–Crippen LogP) is 3.95. The van der Waals surface area contributed by atoms with Crippen LogP contribution in [-0.2, 0) is 38.7 Å². The van der Waals surface area contributed by atoms with Crippen molar-refractivity contribution in [2.24, 2.45) is 7.05 Å². The molecule has 2 aliphatic heterocycles. The lowest BCUT2D eigenvalue weighted by molar-refractivity contribution is -0.229. The Balaban J connectivity index is 1.79. The number of rotatable bonds is 2. The van der Waals surface area contributed by atoms with Crippen molar-refractivity contribution in [2.45, 2.75) is 62.3 Å². The maximum atomic E-state index is 13.6. The fraction of sp³-hybridized carbons (Fsp3) is 0.632. The predicted molar refractivity (Wildman–Crippen MR) is 102 cm³/mol. The molecule has 0 radical (unpaired) electrons. The molecule has 0 aromatic carbocycles. The molecule has 0 aliphatic carbocycles. The van der Waals surface area contributed by atoms with E-state index in [1.165, 1.54) is 4.68 Å². The molecule has 4 atom stereocenters. The van der Waals surface area contributed by atoms with Gasteiger partial charge in [0.2, 0.25) is 0 Å². The minimum Gasteiger partial charge on any atom is -0.445 e. The summed E-state index contributed by atoms with van der Waals surface area (Å²) < 4.78 is 91.6. The zero-order chi connectivity index (χ0) is 24.4. The number of nitrogens with one attached hydrogen (secondary N) is 1. The van der Waals surface area contributed by atoms with Crippen molar-refractivity contribution >= 4 is 17.3 Å². The van der Waals surface area contributed by atoms with Gasteiger partial charge in [0.15, 0.2) is 5.60 Å². The van der Waals surface area contributed by atoms with Gasteiger partial charge in [-0.1, -0.05) is 5.21 Å². The molecule has 1 N–H and O–H groups in total. The Morgan fingerprint density at radius 1 is 1.30 bits per heavy atom. The molecule has 1 unspecified atom stereocenters. The third-order valence-corrected chi connectivity index (χ3v) is 7.17. The number of esters is 1. The number of thiophene rings is 1. The number of alkyl halides is 6. The van der Waals surface area contributed by atoms with Crippen molar-refractivity contribution < 1.29 is 40.6 Å². The lowest BCUT2D eigenvalue weighted by atomic mass is 9.76. The van der Waals surface area contributed by atoms with E-state index in [2.05, 4.69) is 20.4 Å². The highest BCUT2D eigenvalue weighted by atomic mass is 32.1. The molecule has 2 aromatic heterocycles. The van der Waals surface area contributed by atoms with Crippen LogP contribution >= 0.6 is 11.3 Å². The molecule has 4 heterocycles. The van der Waals surface area contributed by atoms with Crippen LogP contribution in [0.1, 0.15) is 53.7 Å². The number of hydrogen-bond donors (Lipinski definition) is 1. The summed E-state index contributed by atoms with van der Waals surface area (Å²) in [5, 5.41) is 11.3. The van der Waals surface area contributed by atoms with E-state index < -0.39 is 47.0 Å². The Labute approximate surface area is 188 Å². The minimum atomic E-state index is -5.30. The monoisotopic (exact) mass is 498 g/mol. The van der Waals surface area contributed by atoms with Crippen LogP contribution < -0.4 is 5.32 Å². The highest BCUT2D eigenvalue weighted by Crippen LogP contribution is 2.55. The Hall–Kier alpha value is -2.19. The van der Waals surface area contributed by atoms with Gasteiger partial charge in [-0.25, -0.2) is 4.79 Å². The first-order valence-electron chi connectivity index (χ1n) is 9.91. The number of aromatic nitrogens is 3. The van der Waals surface area contributed by atoms with Gasteiger partial charge in [0.05, 0.1) is 18.3 Å². The van der Waals surface area contributed by atoms with Gasteiger partial charge in [-0.15, -0.1) is 16.4 Å². The highest BCUT2D eigenvalue weighted by Gasteiger charge is 2.56. The third-order valence-electron chi connectivity index (χ3n) is 5.80. The van der Waals surface area contributed by atoms with Crippen LogP contribution in [0.5, 0.6) is 0 Å². The van der Waals surface area contributed by atoms with Crippen molar-refractivity contribution in [3.05, 3.63) is 33.3 Å². The van der Waals surface area contributed by atoms with Crippen LogP contribution in [0.3, 0.4) is 0 Å². The molecule has 1 fully saturated rings. The lowest BCUT2D eigenvalue weighted by Gasteiger charge is -2.49. The zero-order valence-corrected chi connectivity index (χ0v) is 18.5. The van der Waals surface area contributed by atoms with Crippen LogP contribution in [0.2, 0.25) is 0 Å². The highest BCUT2D eigenvalue weighted by molar-refractivity contribution is 7.12. The number of ether oxygens (including phenoxy) is 2. The van der Waals surface area contributed by atoms with Gasteiger partial charge in [0.1, 0.15) is 10.5 Å². The maximum absolute atomic E-state index is 13.6. The Morgan fingerprint density at radius 3 is 2.58 bits per heavy atom. The number of fused-ring (bicyclic) bond motifs is 2. The van der Waals surface area contributed by atoms with Gasteiger partial charge in [-0.3, -0.25) is 4.68 Å². The van der Waals surface area contributed by atoms with E-state index in [-0.39, 0.29) is 29.3 Å². The molecule has 33 heavy (non-hydrogen) atoms. The SMILES string of the molecule is C[C@H]1C[C@@]2(C[C@@H](c3cn(C)nn3)N1)OCC(C)(OC(=O)C(F)(F)F)c1cc(C(F)(F)F)sc12. The topological polar surface area (TPSA) is 78.3 Å². The molecule has 0 amide bonds. The molecule has 0 saturated carbocycles. The van der Waals surface area contributed by atoms with E-state index >= 15 is 0 Å². The van der Waals surface area contributed by atoms with Crippen LogP contribution in [-0.4, -0.2) is 39.8 Å². The Morgan fingerprint density at radius 2 is 2.00 bits per heavy atom. The van der Waals surface area contributed by atoms with E-state index in [0.717, 1.165) is 13.0 Å². The zero-order valence-electron chi connectivity index (χ0n) is 17.7. The summed E-state index contributed by atoms with van der Waals surface area (Å²) in [7, 11) is 1.67. The first-order valence-corrected chi connectivity index (χ1v) is 10.7. The summed E-state index contributed by atoms with van der Waals surface area (Å²) in [6.45, 7) is 2.42. The van der Waals surface area contributed by atoms with Gasteiger partial charge < -0.3 is 14.8 Å². The van der Waals surface area contributed by atoms with Crippen molar-refractivity contribution in [1.29, 1.82) is 0 Å². The summed E-state index contributed by atoms with van der Waals surface area (Å²) in [6.07, 6.45) is -7.94. The molecule has 182 valence electrons. The van der Waals surface area contributed by atoms with Gasteiger partial charge in [0, 0.05) is 36.1 Å². The molecule has 1 saturated heterocycles. The quantitative estimate of drug-likeness (QED) is 0.499. The first-order chi connectivity index (χ1) is 15.1. The molecule has 0 bridgehead atoms. The normalized spacial score (nSPS) is 30.3. The van der Waals surface area contributed by atoms with E-state index in [0.29, 0.717) is 17.0 Å². The fourth-order valence-corrected chi connectivity index (χ4v) is 5.72. The number of hydrogen-bond acceptors (Lipinski definition) is 7. The van der Waals surface area contributed by atoms with E-state index in [9.17, 15) is 31.1 Å². The van der Waals surface area contributed by atoms with Crippen molar-refractivity contribution in [3.8, 4) is 0 Å². The number of piperidine rings is 1. The molecule has 4 rings (SSSR count). The largest absolute Gasteiger partial charge is 0.490 e. The molecule has 1 spiro atoms. The van der Waals surface area contributed by atoms with Crippen LogP contribution in [0, 0.1) is 0 Å². The summed E-state index contributed by atoms with van der Waals surface area (Å²) in [4.78, 5) is 10.7. The van der Waals surface area contributed by atoms with Crippen molar-refractivity contribution in [1.82, 2.24) is 20.3 Å². The lowest BCUT2D eigenvalue weighted by Crippen LogP contribution is -2.53. The maximum Gasteiger partial charge on any atom is 0.490 e. The number of carbonyl (C=O) groups is 1. The summed E-state index contributed by atoms with van der Waals surface area (Å²) >= 11 is 0.397. The second-order valence-corrected chi connectivity index (χ2v) is 9.65. The smallest absolute Gasteiger partial charge is 0.445 e. The molecular formula is C19H20F6N4O3S. The molecule has 2 aromatic rings. The summed E-state index contributed by atoms with van der Waals surface area (Å²) in [6, 6.07) is 0.115. The van der Waals surface area contributed by atoms with Crippen molar-refractivity contribution in [2.75, 3.05) is 6.61 Å². The van der Waals surface area contributed by atoms with E-state index in [1.54, 1.807) is 13.2 Å². The van der Waals surface area contributed by atoms with Gasteiger partial charge in [-0.2, -0.15) is 26.3 Å². The van der Waals surface area contributed by atoms with Crippen LogP contribution in [0.25, 0.3) is 0 Å². The average Bonchev–Trinajstić information content (AvgIpc) is 3.32. The number of halogens is 6. The number of nitrogens with zero attached hydrogens (tertiary/aromatic N) is 3. The summed E-state index contributed by atoms with van der Waals surface area (Å²) in [5.41, 5.74) is -2.85. The standard InChI is InChI=1S/C19H20F6N4O3S/c1-9-5-17(6-11(26-9)12-7-29(3)28-27-12)14-10(4-13(33-14)18(20,21)22)16(2,8-31-17)32-15(30)19(23,24)25/h4,7,9,11,26H,5-6,8H2,1-3H3/t9-,11-,16?,17-/m0/s1. The second-order valence-electron chi connectivity index (χ2n) is 8.60. The third kappa shape index (κ3) is 4.35. The van der Waals surface area contributed by atoms with E-state index in [1.807, 2.05) is 6.92 Å². The fourth-order valence-electron chi connectivity index (χ4n) is 4.42. The number of aryl methyl sites for hydroxylation is 1. The Bertz CT molecular complexity index is 1070. The summed E-state index contributed by atoms with van der Waals surface area (Å²) in [5.74, 6) is -2.49. The molecule has 14 heteroatoms. The second kappa shape index (κ2) is 7.67. The Kier molecular flexibility index (Phi) is 5.56. The minimum absolute atomic E-state index is 0.0980. The molecular weight excluding hydrogens is 478 g/mol. The van der Waals surface area contributed by atoms with Gasteiger partial charge >= 0.3 is 18.3 Å². The van der Waals surface area contributed by atoms with Crippen LogP contribution in [0.15, 0.2) is 12.3 Å².